The van der Waals surface area contributed by atoms with E-state index >= 15 is 0 Å². The molecule has 2 aromatic heterocycles. The number of aromatic amines is 1. The molecule has 3 aromatic rings. The average molecular weight is 422 g/mol. The molecular weight excluding hydrogens is 393 g/mol. The summed E-state index contributed by atoms with van der Waals surface area (Å²) in [5, 5.41) is 3.82. The highest BCUT2D eigenvalue weighted by atomic mass is 19.1. The SMILES string of the molecule is CC(C)=Nc1c(C)cc(-c2c[nH]c3nc(NC(=O)C4CCN(C)CC4)ccc23)cc1F. The number of hydrogen-bond acceptors (Lipinski definition) is 4. The minimum atomic E-state index is -0.347. The molecule has 7 heteroatoms. The predicted molar refractivity (Wildman–Crippen MR) is 124 cm³/mol. The average Bonchev–Trinajstić information content (AvgIpc) is 3.14. The summed E-state index contributed by atoms with van der Waals surface area (Å²) in [6, 6.07) is 7.15. The molecule has 0 spiro atoms. The van der Waals surface area contributed by atoms with Crippen LogP contribution >= 0.6 is 0 Å². The van der Waals surface area contributed by atoms with Crippen molar-refractivity contribution in [1.82, 2.24) is 14.9 Å². The number of benzene rings is 1. The Balaban J connectivity index is 1.58. The molecule has 4 rings (SSSR count). The number of aliphatic imine (C=N–C) groups is 1. The van der Waals surface area contributed by atoms with E-state index in [0.29, 0.717) is 17.2 Å². The highest BCUT2D eigenvalue weighted by Gasteiger charge is 2.23. The number of carbonyl (C=O) groups excluding carboxylic acids is 1. The van der Waals surface area contributed by atoms with Crippen LogP contribution in [0.5, 0.6) is 0 Å². The molecule has 0 atom stereocenters. The highest BCUT2D eigenvalue weighted by Crippen LogP contribution is 2.34. The van der Waals surface area contributed by atoms with Crippen LogP contribution in [0.2, 0.25) is 0 Å². The van der Waals surface area contributed by atoms with Crippen molar-refractivity contribution in [2.75, 3.05) is 25.5 Å². The van der Waals surface area contributed by atoms with E-state index in [1.807, 2.05) is 39.1 Å². The molecule has 0 bridgehead atoms. The Morgan fingerprint density at radius 3 is 2.68 bits per heavy atom. The van der Waals surface area contributed by atoms with Crippen LogP contribution in [0.4, 0.5) is 15.9 Å². The number of H-pyrrole nitrogens is 1. The maximum atomic E-state index is 14.7. The number of fused-ring (bicyclic) bond motifs is 1. The Labute approximate surface area is 181 Å². The summed E-state index contributed by atoms with van der Waals surface area (Å²) in [6.45, 7) is 7.42. The molecule has 1 aliphatic heterocycles. The molecule has 6 nitrogen and oxygen atoms in total. The van der Waals surface area contributed by atoms with Gasteiger partial charge in [-0.1, -0.05) is 0 Å². The number of nitrogens with one attached hydrogen (secondary N) is 2. The van der Waals surface area contributed by atoms with Crippen LogP contribution < -0.4 is 5.32 Å². The van der Waals surface area contributed by atoms with E-state index in [-0.39, 0.29) is 17.6 Å². The molecule has 0 radical (unpaired) electrons. The first-order valence-electron chi connectivity index (χ1n) is 10.6. The van der Waals surface area contributed by atoms with Crippen LogP contribution in [0.1, 0.15) is 32.3 Å². The number of amides is 1. The topological polar surface area (TPSA) is 73.4 Å². The zero-order chi connectivity index (χ0) is 22.1. The number of piperidine rings is 1. The third-order valence-electron chi connectivity index (χ3n) is 5.78. The van der Waals surface area contributed by atoms with Gasteiger partial charge >= 0.3 is 0 Å². The summed E-state index contributed by atoms with van der Waals surface area (Å²) in [7, 11) is 2.07. The summed E-state index contributed by atoms with van der Waals surface area (Å²) >= 11 is 0. The van der Waals surface area contributed by atoms with E-state index in [0.717, 1.165) is 53.7 Å². The summed E-state index contributed by atoms with van der Waals surface area (Å²) in [4.78, 5) is 26.8. The van der Waals surface area contributed by atoms with Crippen molar-refractivity contribution in [2.45, 2.75) is 33.6 Å². The molecule has 1 aliphatic rings. The third kappa shape index (κ3) is 4.51. The van der Waals surface area contributed by atoms with Crippen LogP contribution in [0, 0.1) is 18.7 Å². The first-order chi connectivity index (χ1) is 14.8. The fraction of sp³-hybridized carbons (Fsp3) is 0.375. The third-order valence-corrected chi connectivity index (χ3v) is 5.78. The Morgan fingerprint density at radius 1 is 1.26 bits per heavy atom. The lowest BCUT2D eigenvalue weighted by Gasteiger charge is -2.27. The van der Waals surface area contributed by atoms with Gasteiger partial charge in [0.05, 0.1) is 0 Å². The fourth-order valence-electron chi connectivity index (χ4n) is 4.07. The molecule has 1 fully saturated rings. The second kappa shape index (κ2) is 8.59. The first-order valence-corrected chi connectivity index (χ1v) is 10.6. The minimum absolute atomic E-state index is 0.0202. The zero-order valence-electron chi connectivity index (χ0n) is 18.4. The largest absolute Gasteiger partial charge is 0.345 e. The zero-order valence-corrected chi connectivity index (χ0v) is 18.4. The number of pyridine rings is 1. The van der Waals surface area contributed by atoms with Gasteiger partial charge in [-0.25, -0.2) is 9.37 Å². The number of carbonyl (C=O) groups is 1. The molecule has 1 saturated heterocycles. The van der Waals surface area contributed by atoms with Crippen molar-refractivity contribution >= 4 is 34.2 Å². The molecule has 0 unspecified atom stereocenters. The summed E-state index contributed by atoms with van der Waals surface area (Å²) in [6.07, 6.45) is 3.54. The lowest BCUT2D eigenvalue weighted by Crippen LogP contribution is -2.36. The van der Waals surface area contributed by atoms with Gasteiger partial charge in [0.1, 0.15) is 23.0 Å². The van der Waals surface area contributed by atoms with Gasteiger partial charge in [0.2, 0.25) is 5.91 Å². The number of aromatic nitrogens is 2. The van der Waals surface area contributed by atoms with E-state index in [4.69, 9.17) is 0 Å². The van der Waals surface area contributed by atoms with E-state index in [2.05, 4.69) is 32.2 Å². The predicted octanol–water partition coefficient (Wildman–Crippen LogP) is 5.07. The number of likely N-dealkylation sites (tertiary alicyclic amines) is 1. The molecule has 0 aliphatic carbocycles. The Kier molecular flexibility index (Phi) is 5.87. The van der Waals surface area contributed by atoms with Gasteiger partial charge in [0.15, 0.2) is 0 Å². The van der Waals surface area contributed by atoms with Gasteiger partial charge in [0, 0.05) is 28.8 Å². The van der Waals surface area contributed by atoms with Crippen LogP contribution in [0.25, 0.3) is 22.2 Å². The van der Waals surface area contributed by atoms with Gasteiger partial charge in [-0.3, -0.25) is 9.79 Å². The second-order valence-corrected chi connectivity index (χ2v) is 8.54. The van der Waals surface area contributed by atoms with Gasteiger partial charge in [-0.2, -0.15) is 0 Å². The Bertz CT molecular complexity index is 1130. The second-order valence-electron chi connectivity index (χ2n) is 8.54. The van der Waals surface area contributed by atoms with Crippen molar-refractivity contribution < 1.29 is 9.18 Å². The Morgan fingerprint density at radius 2 is 2.00 bits per heavy atom. The quantitative estimate of drug-likeness (QED) is 0.578. The number of aryl methyl sites for hydroxylation is 1. The minimum Gasteiger partial charge on any atom is -0.345 e. The van der Waals surface area contributed by atoms with Crippen molar-refractivity contribution in [2.24, 2.45) is 10.9 Å². The van der Waals surface area contributed by atoms with E-state index < -0.39 is 0 Å². The number of rotatable bonds is 4. The summed E-state index contributed by atoms with van der Waals surface area (Å²) < 4.78 is 14.7. The lowest BCUT2D eigenvalue weighted by atomic mass is 9.96. The van der Waals surface area contributed by atoms with E-state index in [9.17, 15) is 9.18 Å². The smallest absolute Gasteiger partial charge is 0.228 e. The number of anilines is 1. The Hall–Kier alpha value is -3.06. The van der Waals surface area contributed by atoms with Crippen molar-refractivity contribution in [3.63, 3.8) is 0 Å². The van der Waals surface area contributed by atoms with Crippen LogP contribution in [0.15, 0.2) is 35.5 Å². The maximum absolute atomic E-state index is 14.7. The maximum Gasteiger partial charge on any atom is 0.228 e. The lowest BCUT2D eigenvalue weighted by molar-refractivity contribution is -0.121. The molecule has 162 valence electrons. The standard InChI is InChI=1S/C24H28FN5O/c1-14(2)27-22-15(3)11-17(12-20(22)25)19-13-26-23-18(19)5-6-21(28-23)29-24(31)16-7-9-30(4)10-8-16/h5-6,11-13,16H,7-10H2,1-4H3,(H2,26,28,29,31). The van der Waals surface area contributed by atoms with Gasteiger partial charge in [-0.15, -0.1) is 0 Å². The number of halogens is 1. The molecule has 1 aromatic carbocycles. The van der Waals surface area contributed by atoms with Crippen molar-refractivity contribution in [1.29, 1.82) is 0 Å². The van der Waals surface area contributed by atoms with Gasteiger partial charge in [-0.05, 0) is 89.1 Å². The molecular formula is C24H28FN5O. The monoisotopic (exact) mass is 421 g/mol. The normalized spacial score (nSPS) is 15.3. The molecule has 3 heterocycles. The van der Waals surface area contributed by atoms with Gasteiger partial charge in [0.25, 0.3) is 0 Å². The molecule has 31 heavy (non-hydrogen) atoms. The fourth-order valence-corrected chi connectivity index (χ4v) is 4.07. The number of nitrogens with zero attached hydrogens (tertiary/aromatic N) is 3. The van der Waals surface area contributed by atoms with E-state index in [1.165, 1.54) is 6.07 Å². The summed E-state index contributed by atoms with van der Waals surface area (Å²) in [5.41, 5.74) is 4.24. The molecule has 0 saturated carbocycles. The van der Waals surface area contributed by atoms with E-state index in [1.54, 1.807) is 6.07 Å². The van der Waals surface area contributed by atoms with Crippen molar-refractivity contribution in [3.8, 4) is 11.1 Å². The van der Waals surface area contributed by atoms with Gasteiger partial charge < -0.3 is 15.2 Å². The summed E-state index contributed by atoms with van der Waals surface area (Å²) in [5.74, 6) is 0.217. The van der Waals surface area contributed by atoms with Crippen molar-refractivity contribution in [3.05, 3.63) is 41.8 Å². The van der Waals surface area contributed by atoms with Crippen LogP contribution in [0.3, 0.4) is 0 Å². The number of hydrogen-bond donors (Lipinski definition) is 2. The van der Waals surface area contributed by atoms with Crippen LogP contribution in [-0.2, 0) is 4.79 Å². The molecule has 2 N–H and O–H groups in total. The van der Waals surface area contributed by atoms with Crippen LogP contribution in [-0.4, -0.2) is 46.6 Å². The first kappa shape index (κ1) is 21.2. The highest BCUT2D eigenvalue weighted by molar-refractivity contribution is 5.97. The molecule has 1 amide bonds.